The number of nitrogens with zero attached hydrogens (tertiary/aromatic N) is 2. The molecule has 2 fully saturated rings. The number of aryl methyl sites for hydroxylation is 1. The van der Waals surface area contributed by atoms with Gasteiger partial charge in [-0.05, 0) is 78.3 Å². The molecule has 1 heterocycles. The van der Waals surface area contributed by atoms with Crippen LogP contribution in [-0.2, 0) is 17.6 Å². The van der Waals surface area contributed by atoms with Crippen molar-refractivity contribution in [2.45, 2.75) is 110 Å². The highest BCUT2D eigenvalue weighted by molar-refractivity contribution is 5.99. The number of carbonyl (C=O) groups excluding carboxylic acids is 2. The minimum Gasteiger partial charge on any atom is -0.371 e. The fourth-order valence-corrected chi connectivity index (χ4v) is 6.43. The third kappa shape index (κ3) is 5.34. The molecular formula is C32H44N2O3. The van der Waals surface area contributed by atoms with Crippen LogP contribution in [0, 0.1) is 0 Å². The van der Waals surface area contributed by atoms with E-state index in [2.05, 4.69) is 52.8 Å². The molecule has 1 N–H and O–H groups in total. The van der Waals surface area contributed by atoms with E-state index in [0.29, 0.717) is 18.3 Å². The molecule has 0 bridgehead atoms. The van der Waals surface area contributed by atoms with E-state index in [1.807, 2.05) is 24.3 Å². The predicted molar refractivity (Wildman–Crippen MR) is 150 cm³/mol. The second-order valence-corrected chi connectivity index (χ2v) is 11.6. The maximum absolute atomic E-state index is 13.6. The Morgan fingerprint density at radius 3 is 2.14 bits per heavy atom. The lowest BCUT2D eigenvalue weighted by Crippen LogP contribution is -2.50. The number of anilines is 1. The second kappa shape index (κ2) is 11.4. The molecule has 1 saturated carbocycles. The van der Waals surface area contributed by atoms with Gasteiger partial charge in [0.2, 0.25) is 0 Å². The predicted octanol–water partition coefficient (Wildman–Crippen LogP) is 6.96. The van der Waals surface area contributed by atoms with Gasteiger partial charge in [-0.2, -0.15) is 0 Å². The normalized spacial score (nSPS) is 19.1. The number of amides is 2. The Labute approximate surface area is 222 Å². The molecule has 200 valence electrons. The Balaban J connectivity index is 1.46. The van der Waals surface area contributed by atoms with Crippen LogP contribution >= 0.6 is 0 Å². The zero-order chi connectivity index (χ0) is 26.7. The van der Waals surface area contributed by atoms with Crippen LogP contribution in [-0.4, -0.2) is 40.1 Å². The van der Waals surface area contributed by atoms with Crippen molar-refractivity contribution in [1.82, 2.24) is 4.90 Å². The summed E-state index contributed by atoms with van der Waals surface area (Å²) in [5, 5.41) is 11.4. The lowest BCUT2D eigenvalue weighted by atomic mass is 9.86. The third-order valence-corrected chi connectivity index (χ3v) is 8.45. The van der Waals surface area contributed by atoms with Gasteiger partial charge in [0.15, 0.2) is 12.0 Å². The average molecular weight is 505 g/mol. The van der Waals surface area contributed by atoms with Crippen molar-refractivity contribution >= 4 is 17.5 Å². The topological polar surface area (TPSA) is 60.9 Å². The van der Waals surface area contributed by atoms with Crippen molar-refractivity contribution in [3.8, 4) is 0 Å². The first-order valence-corrected chi connectivity index (χ1v) is 14.2. The smallest absolute Gasteiger partial charge is 0.327 e. The number of aliphatic hydroxyl groups is 1. The number of carbonyl (C=O) groups is 2. The van der Waals surface area contributed by atoms with Crippen LogP contribution in [0.5, 0.6) is 0 Å². The molecule has 5 heteroatoms. The molecule has 37 heavy (non-hydrogen) atoms. The van der Waals surface area contributed by atoms with Gasteiger partial charge in [0, 0.05) is 12.1 Å². The molecule has 4 rings (SSSR count). The van der Waals surface area contributed by atoms with Gasteiger partial charge in [-0.1, -0.05) is 77.8 Å². The molecule has 1 aliphatic carbocycles. The van der Waals surface area contributed by atoms with Gasteiger partial charge in [0.1, 0.15) is 0 Å². The largest absolute Gasteiger partial charge is 0.371 e. The number of hydrogen-bond donors (Lipinski definition) is 1. The monoisotopic (exact) mass is 504 g/mol. The summed E-state index contributed by atoms with van der Waals surface area (Å²) in [4.78, 5) is 30.0. The van der Waals surface area contributed by atoms with Crippen molar-refractivity contribution in [2.75, 3.05) is 11.4 Å². The van der Waals surface area contributed by atoms with Crippen molar-refractivity contribution in [3.05, 3.63) is 64.7 Å². The standard InChI is InChI=1S/C32H44N2O3/c1-6-24-15-17-25(18-16-24)34-31(37)33(30(36)32(34)19-7-8-20-32)21-26(35)11-9-14-29-27(22(2)3)12-10-13-28(29)23(4)5/h10,12-13,15-18,22-23,30,36H,6-9,11,14,19-21H2,1-5H3. The Morgan fingerprint density at radius 1 is 1.00 bits per heavy atom. The molecule has 0 radical (unpaired) electrons. The molecule has 2 aliphatic rings. The summed E-state index contributed by atoms with van der Waals surface area (Å²) in [7, 11) is 0. The van der Waals surface area contributed by atoms with Gasteiger partial charge in [0.25, 0.3) is 0 Å². The van der Waals surface area contributed by atoms with E-state index in [0.717, 1.165) is 50.6 Å². The van der Waals surface area contributed by atoms with E-state index in [-0.39, 0.29) is 18.4 Å². The number of rotatable bonds is 10. The second-order valence-electron chi connectivity index (χ2n) is 11.6. The quantitative estimate of drug-likeness (QED) is 0.380. The first-order valence-electron chi connectivity index (χ1n) is 14.2. The summed E-state index contributed by atoms with van der Waals surface area (Å²) in [5.74, 6) is 0.875. The van der Waals surface area contributed by atoms with Crippen molar-refractivity contribution in [2.24, 2.45) is 0 Å². The van der Waals surface area contributed by atoms with Gasteiger partial charge in [0.05, 0.1) is 12.1 Å². The molecule has 1 saturated heterocycles. The first kappa shape index (κ1) is 27.4. The van der Waals surface area contributed by atoms with E-state index in [1.54, 1.807) is 4.90 Å². The summed E-state index contributed by atoms with van der Waals surface area (Å²) in [6.45, 7) is 10.9. The Bertz CT molecular complexity index is 1070. The molecule has 1 atom stereocenters. The van der Waals surface area contributed by atoms with E-state index >= 15 is 0 Å². The maximum atomic E-state index is 13.6. The molecule has 2 aromatic rings. The molecule has 2 amide bonds. The summed E-state index contributed by atoms with van der Waals surface area (Å²) < 4.78 is 0. The van der Waals surface area contributed by atoms with Gasteiger partial charge >= 0.3 is 6.03 Å². The zero-order valence-corrected chi connectivity index (χ0v) is 23.3. The van der Waals surface area contributed by atoms with Gasteiger partial charge in [-0.25, -0.2) is 4.79 Å². The van der Waals surface area contributed by atoms with Gasteiger partial charge < -0.3 is 5.11 Å². The van der Waals surface area contributed by atoms with Crippen LogP contribution in [0.15, 0.2) is 42.5 Å². The SMILES string of the molecule is CCc1ccc(N2C(=O)N(CC(=O)CCCc3c(C(C)C)cccc3C(C)C)C(O)C23CCCC3)cc1. The number of urea groups is 1. The molecule has 1 spiro atoms. The molecule has 0 aromatic heterocycles. The highest BCUT2D eigenvalue weighted by atomic mass is 16.3. The molecular weight excluding hydrogens is 460 g/mol. The van der Waals surface area contributed by atoms with Crippen LogP contribution in [0.3, 0.4) is 0 Å². The van der Waals surface area contributed by atoms with Crippen LogP contribution < -0.4 is 4.90 Å². The van der Waals surface area contributed by atoms with Gasteiger partial charge in [-0.15, -0.1) is 0 Å². The summed E-state index contributed by atoms with van der Waals surface area (Å²) in [6, 6.07) is 14.4. The fourth-order valence-electron chi connectivity index (χ4n) is 6.43. The summed E-state index contributed by atoms with van der Waals surface area (Å²) in [5.41, 5.74) is 5.46. The first-order chi connectivity index (χ1) is 17.7. The average Bonchev–Trinajstić information content (AvgIpc) is 3.44. The highest BCUT2D eigenvalue weighted by Gasteiger charge is 2.58. The number of benzene rings is 2. The van der Waals surface area contributed by atoms with Crippen LogP contribution in [0.4, 0.5) is 10.5 Å². The Morgan fingerprint density at radius 2 is 1.59 bits per heavy atom. The maximum Gasteiger partial charge on any atom is 0.327 e. The lowest BCUT2D eigenvalue weighted by Gasteiger charge is -2.35. The van der Waals surface area contributed by atoms with E-state index in [9.17, 15) is 14.7 Å². The van der Waals surface area contributed by atoms with Gasteiger partial charge in [-0.3, -0.25) is 14.6 Å². The van der Waals surface area contributed by atoms with Crippen LogP contribution in [0.25, 0.3) is 0 Å². The number of Topliss-reactive ketones (excluding diaryl/α,β-unsaturated/α-hetero) is 1. The molecule has 5 nitrogen and oxygen atoms in total. The number of hydrogen-bond acceptors (Lipinski definition) is 3. The van der Waals surface area contributed by atoms with E-state index in [1.165, 1.54) is 27.2 Å². The van der Waals surface area contributed by atoms with Crippen LogP contribution in [0.1, 0.15) is 107 Å². The number of aliphatic hydroxyl groups excluding tert-OH is 1. The lowest BCUT2D eigenvalue weighted by molar-refractivity contribution is -0.121. The van der Waals surface area contributed by atoms with E-state index < -0.39 is 11.8 Å². The molecule has 1 aliphatic heterocycles. The van der Waals surface area contributed by atoms with Crippen molar-refractivity contribution in [1.29, 1.82) is 0 Å². The fraction of sp³-hybridized carbons (Fsp3) is 0.562. The summed E-state index contributed by atoms with van der Waals surface area (Å²) in [6.07, 6.45) is 5.42. The highest BCUT2D eigenvalue weighted by Crippen LogP contribution is 2.46. The number of ketones is 1. The summed E-state index contributed by atoms with van der Waals surface area (Å²) >= 11 is 0. The molecule has 1 unspecified atom stereocenters. The van der Waals surface area contributed by atoms with Crippen molar-refractivity contribution < 1.29 is 14.7 Å². The Hall–Kier alpha value is -2.66. The van der Waals surface area contributed by atoms with Crippen molar-refractivity contribution in [3.63, 3.8) is 0 Å². The molecule has 2 aromatic carbocycles. The minimum atomic E-state index is -0.966. The zero-order valence-electron chi connectivity index (χ0n) is 23.3. The minimum absolute atomic E-state index is 0.0110. The van der Waals surface area contributed by atoms with E-state index in [4.69, 9.17) is 0 Å². The Kier molecular flexibility index (Phi) is 8.42. The van der Waals surface area contributed by atoms with Crippen LogP contribution in [0.2, 0.25) is 0 Å². The third-order valence-electron chi connectivity index (χ3n) is 8.45.